The Morgan fingerprint density at radius 3 is 2.77 bits per heavy atom. The second-order valence-corrected chi connectivity index (χ2v) is 9.73. The lowest BCUT2D eigenvalue weighted by Crippen LogP contribution is -2.36. The summed E-state index contributed by atoms with van der Waals surface area (Å²) in [5, 5.41) is 11.1. The number of nitro benzene ring substituents is 1. The van der Waals surface area contributed by atoms with Crippen LogP contribution >= 0.6 is 23.1 Å². The molecule has 0 aliphatic carbocycles. The van der Waals surface area contributed by atoms with E-state index in [1.165, 1.54) is 41.6 Å². The molecule has 2 amide bonds. The summed E-state index contributed by atoms with van der Waals surface area (Å²) < 4.78 is 6.74. The van der Waals surface area contributed by atoms with E-state index in [9.17, 15) is 24.5 Å². The van der Waals surface area contributed by atoms with Gasteiger partial charge in [-0.2, -0.15) is 4.99 Å². The zero-order valence-corrected chi connectivity index (χ0v) is 20.5. The van der Waals surface area contributed by atoms with Crippen LogP contribution in [-0.4, -0.2) is 52.4 Å². The van der Waals surface area contributed by atoms with Crippen molar-refractivity contribution in [2.24, 2.45) is 4.99 Å². The minimum atomic E-state index is -0.543. The summed E-state index contributed by atoms with van der Waals surface area (Å²) in [6.45, 7) is 0.455. The number of methoxy groups -OCH3 is 1. The van der Waals surface area contributed by atoms with Crippen LogP contribution in [-0.2, 0) is 32.1 Å². The van der Waals surface area contributed by atoms with Gasteiger partial charge in [-0.1, -0.05) is 29.5 Å². The van der Waals surface area contributed by atoms with E-state index in [1.54, 1.807) is 4.90 Å². The number of hydrogen-bond acceptors (Lipinski definition) is 8. The van der Waals surface area contributed by atoms with E-state index in [0.29, 0.717) is 16.8 Å². The Labute approximate surface area is 208 Å². The number of ether oxygens (including phenoxy) is 1. The number of aromatic nitrogens is 1. The first-order chi connectivity index (χ1) is 16.9. The number of anilines is 1. The average Bonchev–Trinajstić information content (AvgIpc) is 3.19. The summed E-state index contributed by atoms with van der Waals surface area (Å²) in [6.07, 6.45) is 1.83. The van der Waals surface area contributed by atoms with Gasteiger partial charge in [0.25, 0.3) is 11.6 Å². The molecule has 0 radical (unpaired) electrons. The summed E-state index contributed by atoms with van der Waals surface area (Å²) in [6, 6.07) is 12.0. The van der Waals surface area contributed by atoms with Crippen LogP contribution in [0.4, 0.5) is 11.4 Å². The maximum Gasteiger partial charge on any atom is 0.325 e. The maximum atomic E-state index is 12.8. The van der Waals surface area contributed by atoms with Gasteiger partial charge in [-0.25, -0.2) is 0 Å². The van der Waals surface area contributed by atoms with E-state index in [0.717, 1.165) is 35.4 Å². The lowest BCUT2D eigenvalue weighted by atomic mass is 10.0. The number of para-hydroxylation sites is 1. The number of benzene rings is 2. The van der Waals surface area contributed by atoms with Crippen molar-refractivity contribution in [3.05, 3.63) is 62.9 Å². The van der Waals surface area contributed by atoms with Crippen molar-refractivity contribution in [3.63, 3.8) is 0 Å². The fourth-order valence-electron chi connectivity index (χ4n) is 3.84. The topological polar surface area (TPSA) is 124 Å². The van der Waals surface area contributed by atoms with Gasteiger partial charge in [0.15, 0.2) is 4.80 Å². The third-order valence-corrected chi connectivity index (χ3v) is 7.42. The van der Waals surface area contributed by atoms with Gasteiger partial charge in [0.2, 0.25) is 5.91 Å². The predicted octanol–water partition coefficient (Wildman–Crippen LogP) is 2.92. The molecule has 1 aliphatic rings. The molecule has 0 saturated carbocycles. The Bertz CT molecular complexity index is 1380. The highest BCUT2D eigenvalue weighted by atomic mass is 32.2. The highest BCUT2D eigenvalue weighted by Crippen LogP contribution is 2.27. The van der Waals surface area contributed by atoms with Gasteiger partial charge < -0.3 is 14.2 Å². The molecule has 0 atom stereocenters. The minimum absolute atomic E-state index is 0.0200. The molecular weight excluding hydrogens is 492 g/mol. The van der Waals surface area contributed by atoms with Gasteiger partial charge in [0, 0.05) is 24.4 Å². The van der Waals surface area contributed by atoms with Crippen LogP contribution in [0.5, 0.6) is 0 Å². The van der Waals surface area contributed by atoms with E-state index in [2.05, 4.69) is 4.99 Å². The smallest absolute Gasteiger partial charge is 0.325 e. The Balaban J connectivity index is 1.48. The van der Waals surface area contributed by atoms with Gasteiger partial charge in [0.1, 0.15) is 6.54 Å². The number of rotatable bonds is 7. The van der Waals surface area contributed by atoms with Crippen LogP contribution in [0.25, 0.3) is 10.2 Å². The van der Waals surface area contributed by atoms with E-state index < -0.39 is 16.8 Å². The standard InChI is InChI=1S/C23H22N4O6S2/c1-33-22(30)12-26-18-9-8-16(27(31)32)11-19(18)35-23(26)24-20(28)13-34-14-21(29)25-10-4-6-15-5-2-3-7-17(15)25/h2-3,5,7-9,11H,4,6,10,12-14H2,1H3. The van der Waals surface area contributed by atoms with E-state index >= 15 is 0 Å². The normalized spacial score (nSPS) is 13.5. The second-order valence-electron chi connectivity index (χ2n) is 7.73. The number of fused-ring (bicyclic) bond motifs is 2. The van der Waals surface area contributed by atoms with E-state index in [1.807, 2.05) is 24.3 Å². The number of esters is 1. The summed E-state index contributed by atoms with van der Waals surface area (Å²) in [5.74, 6) is -0.963. The summed E-state index contributed by atoms with van der Waals surface area (Å²) >= 11 is 2.24. The third kappa shape index (κ3) is 5.60. The van der Waals surface area contributed by atoms with Crippen molar-refractivity contribution in [3.8, 4) is 0 Å². The highest BCUT2D eigenvalue weighted by Gasteiger charge is 2.22. The Morgan fingerprint density at radius 2 is 2.00 bits per heavy atom. The summed E-state index contributed by atoms with van der Waals surface area (Å²) in [7, 11) is 1.25. The Hall–Kier alpha value is -3.51. The molecule has 1 aliphatic heterocycles. The van der Waals surface area contributed by atoms with Crippen molar-refractivity contribution >= 4 is 62.5 Å². The summed E-state index contributed by atoms with van der Waals surface area (Å²) in [5.41, 5.74) is 2.49. The Kier molecular flexibility index (Phi) is 7.61. The molecule has 2 heterocycles. The zero-order chi connectivity index (χ0) is 24.9. The number of aryl methyl sites for hydroxylation is 1. The van der Waals surface area contributed by atoms with Gasteiger partial charge in [-0.05, 0) is 30.5 Å². The molecular formula is C23H22N4O6S2. The molecule has 1 aromatic heterocycles. The van der Waals surface area contributed by atoms with Crippen LogP contribution in [0.2, 0.25) is 0 Å². The molecule has 12 heteroatoms. The van der Waals surface area contributed by atoms with E-state index in [4.69, 9.17) is 4.74 Å². The maximum absolute atomic E-state index is 12.8. The molecule has 4 rings (SSSR count). The quantitative estimate of drug-likeness (QED) is 0.270. The zero-order valence-electron chi connectivity index (χ0n) is 18.8. The molecule has 0 fully saturated rings. The average molecular weight is 515 g/mol. The largest absolute Gasteiger partial charge is 0.468 e. The SMILES string of the molecule is COC(=O)Cn1c(=NC(=O)CSCC(=O)N2CCCc3ccccc32)sc2cc([N+](=O)[O-])ccc21. The third-order valence-electron chi connectivity index (χ3n) is 5.47. The lowest BCUT2D eigenvalue weighted by molar-refractivity contribution is -0.384. The number of carbonyl (C=O) groups excluding carboxylic acids is 3. The van der Waals surface area contributed by atoms with Crippen LogP contribution < -0.4 is 9.70 Å². The van der Waals surface area contributed by atoms with Crippen LogP contribution in [0.3, 0.4) is 0 Å². The fraction of sp³-hybridized carbons (Fsp3) is 0.304. The number of amides is 2. The molecule has 0 spiro atoms. The fourth-order valence-corrected chi connectivity index (χ4v) is 5.59. The number of nitrogens with zero attached hydrogens (tertiary/aromatic N) is 4. The van der Waals surface area contributed by atoms with Gasteiger partial charge in [0.05, 0.1) is 33.8 Å². The molecule has 10 nitrogen and oxygen atoms in total. The first-order valence-corrected chi connectivity index (χ1v) is 12.7. The molecule has 0 bridgehead atoms. The molecule has 3 aromatic rings. The highest BCUT2D eigenvalue weighted by molar-refractivity contribution is 8.00. The van der Waals surface area contributed by atoms with Crippen LogP contribution in [0.1, 0.15) is 12.0 Å². The Morgan fingerprint density at radius 1 is 1.20 bits per heavy atom. The van der Waals surface area contributed by atoms with Gasteiger partial charge in [-0.15, -0.1) is 11.8 Å². The van der Waals surface area contributed by atoms with Crippen LogP contribution in [0, 0.1) is 10.1 Å². The van der Waals surface area contributed by atoms with Crippen molar-refractivity contribution in [1.82, 2.24) is 4.57 Å². The molecule has 0 N–H and O–H groups in total. The van der Waals surface area contributed by atoms with Gasteiger partial charge in [-0.3, -0.25) is 24.5 Å². The molecule has 35 heavy (non-hydrogen) atoms. The number of hydrogen-bond donors (Lipinski definition) is 0. The number of thiazole rings is 1. The van der Waals surface area contributed by atoms with Crippen molar-refractivity contribution < 1.29 is 24.0 Å². The first kappa shape index (κ1) is 24.6. The molecule has 0 saturated heterocycles. The minimum Gasteiger partial charge on any atom is -0.468 e. The van der Waals surface area contributed by atoms with E-state index in [-0.39, 0.29) is 34.4 Å². The molecule has 182 valence electrons. The summed E-state index contributed by atoms with van der Waals surface area (Å²) in [4.78, 5) is 54.0. The van der Waals surface area contributed by atoms with Crippen molar-refractivity contribution in [1.29, 1.82) is 0 Å². The number of non-ortho nitro benzene ring substituents is 1. The monoisotopic (exact) mass is 514 g/mol. The lowest BCUT2D eigenvalue weighted by Gasteiger charge is -2.29. The number of nitro groups is 1. The second kappa shape index (κ2) is 10.8. The van der Waals surface area contributed by atoms with Crippen molar-refractivity contribution in [2.75, 3.05) is 30.1 Å². The predicted molar refractivity (Wildman–Crippen MR) is 133 cm³/mol. The molecule has 0 unspecified atom stereocenters. The van der Waals surface area contributed by atoms with Crippen molar-refractivity contribution in [2.45, 2.75) is 19.4 Å². The first-order valence-electron chi connectivity index (χ1n) is 10.8. The number of carbonyl (C=O) groups is 3. The number of thioether (sulfide) groups is 1. The van der Waals surface area contributed by atoms with Gasteiger partial charge >= 0.3 is 5.97 Å². The van der Waals surface area contributed by atoms with Crippen LogP contribution in [0.15, 0.2) is 47.5 Å². The molecule has 2 aromatic carbocycles.